The SMILES string of the molecule is CCc1ccc(NC(=O)CSc2ncc(S(=O)(=O)c3cc(Cl)cc(Cl)c3)c(=O)[nH]2)cc1. The molecule has 0 atom stereocenters. The highest BCUT2D eigenvalue weighted by Gasteiger charge is 2.23. The molecular formula is C20H17Cl2N3O4S2. The third kappa shape index (κ3) is 5.88. The number of aromatic amines is 1. The smallest absolute Gasteiger partial charge is 0.270 e. The van der Waals surface area contributed by atoms with E-state index in [1.807, 2.05) is 31.2 Å². The number of aryl methyl sites for hydroxylation is 1. The number of hydrogen-bond acceptors (Lipinski definition) is 6. The zero-order valence-electron chi connectivity index (χ0n) is 16.2. The number of benzene rings is 2. The first-order valence-corrected chi connectivity index (χ1v) is 12.2. The van der Waals surface area contributed by atoms with Gasteiger partial charge in [-0.25, -0.2) is 13.4 Å². The molecule has 0 saturated heterocycles. The fourth-order valence-electron chi connectivity index (χ4n) is 2.60. The van der Waals surface area contributed by atoms with E-state index in [4.69, 9.17) is 23.2 Å². The summed E-state index contributed by atoms with van der Waals surface area (Å²) in [6.07, 6.45) is 1.85. The van der Waals surface area contributed by atoms with Gasteiger partial charge in [0.2, 0.25) is 15.7 Å². The zero-order valence-corrected chi connectivity index (χ0v) is 19.3. The number of amides is 1. The van der Waals surface area contributed by atoms with Crippen molar-refractivity contribution < 1.29 is 13.2 Å². The predicted octanol–water partition coefficient (Wildman–Crippen LogP) is 4.20. The highest BCUT2D eigenvalue weighted by atomic mass is 35.5. The first kappa shape index (κ1) is 23.3. The second-order valence-electron chi connectivity index (χ2n) is 6.38. The molecule has 31 heavy (non-hydrogen) atoms. The number of thioether (sulfide) groups is 1. The number of H-pyrrole nitrogens is 1. The Kier molecular flexibility index (Phi) is 7.42. The standard InChI is InChI=1S/C20H17Cl2N3O4S2/c1-2-12-3-5-15(6-4-12)24-18(26)11-30-20-23-10-17(19(27)25-20)31(28,29)16-8-13(21)7-14(22)9-16/h3-10H,2,11H2,1H3,(H,24,26)(H,23,25,27). The van der Waals surface area contributed by atoms with Crippen LogP contribution < -0.4 is 10.9 Å². The van der Waals surface area contributed by atoms with Crippen molar-refractivity contribution in [3.8, 4) is 0 Å². The van der Waals surface area contributed by atoms with Gasteiger partial charge < -0.3 is 10.3 Å². The van der Waals surface area contributed by atoms with E-state index < -0.39 is 20.3 Å². The van der Waals surface area contributed by atoms with E-state index in [9.17, 15) is 18.0 Å². The summed E-state index contributed by atoms with van der Waals surface area (Å²) in [5.74, 6) is -0.309. The zero-order chi connectivity index (χ0) is 22.6. The predicted molar refractivity (Wildman–Crippen MR) is 122 cm³/mol. The van der Waals surface area contributed by atoms with Crippen LogP contribution in [0.3, 0.4) is 0 Å². The van der Waals surface area contributed by atoms with Crippen LogP contribution in [0.2, 0.25) is 10.0 Å². The van der Waals surface area contributed by atoms with Crippen molar-refractivity contribution in [3.63, 3.8) is 0 Å². The van der Waals surface area contributed by atoms with Crippen LogP contribution in [0.15, 0.2) is 68.4 Å². The Bertz CT molecular complexity index is 1260. The summed E-state index contributed by atoms with van der Waals surface area (Å²) in [4.78, 5) is 30.1. The molecule has 7 nitrogen and oxygen atoms in total. The minimum Gasteiger partial charge on any atom is -0.325 e. The summed E-state index contributed by atoms with van der Waals surface area (Å²) < 4.78 is 25.5. The molecule has 3 aromatic rings. The maximum absolute atomic E-state index is 12.7. The normalized spacial score (nSPS) is 11.3. The van der Waals surface area contributed by atoms with Crippen LogP contribution in [0.4, 0.5) is 5.69 Å². The quantitative estimate of drug-likeness (QED) is 0.373. The molecule has 0 saturated carbocycles. The van der Waals surface area contributed by atoms with Crippen LogP contribution >= 0.6 is 35.0 Å². The maximum Gasteiger partial charge on any atom is 0.270 e. The molecule has 1 amide bonds. The number of anilines is 1. The summed E-state index contributed by atoms with van der Waals surface area (Å²) in [6.45, 7) is 2.04. The molecule has 1 heterocycles. The molecule has 162 valence electrons. The van der Waals surface area contributed by atoms with E-state index in [0.717, 1.165) is 29.9 Å². The maximum atomic E-state index is 12.7. The lowest BCUT2D eigenvalue weighted by Gasteiger charge is -2.07. The highest BCUT2D eigenvalue weighted by Crippen LogP contribution is 2.26. The van der Waals surface area contributed by atoms with Gasteiger partial charge in [0.1, 0.15) is 0 Å². The number of nitrogens with one attached hydrogen (secondary N) is 2. The average Bonchev–Trinajstić information content (AvgIpc) is 2.72. The number of nitrogens with zero attached hydrogens (tertiary/aromatic N) is 1. The van der Waals surface area contributed by atoms with Crippen LogP contribution in [0.25, 0.3) is 0 Å². The Morgan fingerprint density at radius 3 is 2.35 bits per heavy atom. The molecular weight excluding hydrogens is 481 g/mol. The Hall–Kier alpha value is -2.33. The summed E-state index contributed by atoms with van der Waals surface area (Å²) in [6, 6.07) is 11.2. The van der Waals surface area contributed by atoms with Crippen molar-refractivity contribution in [1.82, 2.24) is 9.97 Å². The molecule has 0 aliphatic carbocycles. The third-order valence-corrected chi connectivity index (χ3v) is 7.22. The summed E-state index contributed by atoms with van der Waals surface area (Å²) in [5.41, 5.74) is 0.958. The summed E-state index contributed by atoms with van der Waals surface area (Å²) in [7, 11) is -4.17. The molecule has 0 aliphatic rings. The lowest BCUT2D eigenvalue weighted by Crippen LogP contribution is -2.20. The van der Waals surface area contributed by atoms with Crippen molar-refractivity contribution in [2.24, 2.45) is 0 Å². The number of halogens is 2. The monoisotopic (exact) mass is 497 g/mol. The molecule has 1 aromatic heterocycles. The number of sulfone groups is 1. The molecule has 0 fully saturated rings. The molecule has 0 spiro atoms. The Morgan fingerprint density at radius 1 is 1.13 bits per heavy atom. The van der Waals surface area contributed by atoms with Crippen molar-refractivity contribution >= 4 is 56.4 Å². The Balaban J connectivity index is 1.70. The second kappa shape index (κ2) is 9.86. The highest BCUT2D eigenvalue weighted by molar-refractivity contribution is 7.99. The van der Waals surface area contributed by atoms with Gasteiger partial charge in [0.25, 0.3) is 5.56 Å². The van der Waals surface area contributed by atoms with Crippen LogP contribution in [0.1, 0.15) is 12.5 Å². The van der Waals surface area contributed by atoms with E-state index in [1.165, 1.54) is 18.2 Å². The average molecular weight is 498 g/mol. The van der Waals surface area contributed by atoms with Crippen LogP contribution in [-0.4, -0.2) is 30.0 Å². The Morgan fingerprint density at radius 2 is 1.77 bits per heavy atom. The van der Waals surface area contributed by atoms with E-state index in [0.29, 0.717) is 5.69 Å². The molecule has 0 unspecified atom stereocenters. The van der Waals surface area contributed by atoms with Gasteiger partial charge in [0.05, 0.1) is 16.8 Å². The molecule has 0 bridgehead atoms. The molecule has 2 N–H and O–H groups in total. The summed E-state index contributed by atoms with van der Waals surface area (Å²) in [5, 5.41) is 3.11. The Labute approximate surface area is 193 Å². The van der Waals surface area contributed by atoms with E-state index in [-0.39, 0.29) is 31.8 Å². The van der Waals surface area contributed by atoms with Crippen LogP contribution in [-0.2, 0) is 21.1 Å². The van der Waals surface area contributed by atoms with Crippen molar-refractivity contribution in [3.05, 3.63) is 74.6 Å². The minimum absolute atomic E-state index is 0.0194. The topological polar surface area (TPSA) is 109 Å². The van der Waals surface area contributed by atoms with Gasteiger partial charge in [-0.2, -0.15) is 0 Å². The first-order chi connectivity index (χ1) is 14.7. The number of carbonyl (C=O) groups excluding carboxylic acids is 1. The van der Waals surface area contributed by atoms with Crippen molar-refractivity contribution in [2.45, 2.75) is 28.3 Å². The third-order valence-electron chi connectivity index (χ3n) is 4.17. The molecule has 2 aromatic carbocycles. The first-order valence-electron chi connectivity index (χ1n) is 9.01. The number of hydrogen-bond donors (Lipinski definition) is 2. The largest absolute Gasteiger partial charge is 0.325 e. The van der Waals surface area contributed by atoms with Gasteiger partial charge in [-0.3, -0.25) is 9.59 Å². The van der Waals surface area contributed by atoms with E-state index >= 15 is 0 Å². The number of rotatable bonds is 7. The van der Waals surface area contributed by atoms with E-state index in [2.05, 4.69) is 15.3 Å². The minimum atomic E-state index is -4.17. The number of carbonyl (C=O) groups is 1. The molecule has 3 rings (SSSR count). The molecule has 0 aliphatic heterocycles. The molecule has 0 radical (unpaired) electrons. The van der Waals surface area contributed by atoms with Crippen molar-refractivity contribution in [2.75, 3.05) is 11.1 Å². The fraction of sp³-hybridized carbons (Fsp3) is 0.150. The van der Waals surface area contributed by atoms with Crippen molar-refractivity contribution in [1.29, 1.82) is 0 Å². The second-order valence-corrected chi connectivity index (χ2v) is 10.1. The molecule has 11 heteroatoms. The van der Waals surface area contributed by atoms with Crippen LogP contribution in [0.5, 0.6) is 0 Å². The van der Waals surface area contributed by atoms with Gasteiger partial charge in [-0.05, 0) is 42.3 Å². The van der Waals surface area contributed by atoms with Crippen LogP contribution in [0, 0.1) is 0 Å². The lowest BCUT2D eigenvalue weighted by molar-refractivity contribution is -0.113. The van der Waals surface area contributed by atoms with Gasteiger partial charge >= 0.3 is 0 Å². The van der Waals surface area contributed by atoms with Gasteiger partial charge in [0.15, 0.2) is 10.1 Å². The summed E-state index contributed by atoms with van der Waals surface area (Å²) >= 11 is 12.7. The van der Waals surface area contributed by atoms with Gasteiger partial charge in [0, 0.05) is 15.7 Å². The van der Waals surface area contributed by atoms with Gasteiger partial charge in [-0.1, -0.05) is 54.0 Å². The fourth-order valence-corrected chi connectivity index (χ4v) is 5.19. The van der Waals surface area contributed by atoms with Gasteiger partial charge in [-0.15, -0.1) is 0 Å². The lowest BCUT2D eigenvalue weighted by atomic mass is 10.1. The number of aromatic nitrogens is 2. The van der Waals surface area contributed by atoms with E-state index in [1.54, 1.807) is 0 Å².